The van der Waals surface area contributed by atoms with Gasteiger partial charge < -0.3 is 25.3 Å². The molecule has 25 heavy (non-hydrogen) atoms. The van der Waals surface area contributed by atoms with E-state index in [1.165, 1.54) is 31.4 Å². The van der Waals surface area contributed by atoms with E-state index in [0.717, 1.165) is 54.5 Å². The molecular weight excluding hydrogens is 318 g/mol. The highest BCUT2D eigenvalue weighted by Crippen LogP contribution is 2.45. The molecule has 1 saturated carbocycles. The zero-order chi connectivity index (χ0) is 17.4. The zero-order valence-corrected chi connectivity index (χ0v) is 15.1. The molecular formula is C18H32N5O2+. The van der Waals surface area contributed by atoms with Gasteiger partial charge in [-0.05, 0) is 31.6 Å². The zero-order valence-electron chi connectivity index (χ0n) is 15.1. The summed E-state index contributed by atoms with van der Waals surface area (Å²) in [4.78, 5) is 2.32. The molecule has 3 heterocycles. The van der Waals surface area contributed by atoms with Gasteiger partial charge in [-0.3, -0.25) is 4.68 Å². The maximum atomic E-state index is 9.39. The van der Waals surface area contributed by atoms with E-state index in [1.807, 2.05) is 0 Å². The molecule has 4 N–H and O–H groups in total. The number of nitrogen functional groups attached to an aromatic ring is 1. The predicted octanol–water partition coefficient (Wildman–Crippen LogP) is 0.374. The number of nitrogens with zero attached hydrogens (tertiary/aromatic N) is 4. The van der Waals surface area contributed by atoms with Crippen LogP contribution in [0, 0.1) is 5.92 Å². The SMILES string of the molecule is Nc1c(N2CC[N+](CCO)(CCO)CC2)nn2c1CCC1CCCC12. The number of aliphatic hydroxyl groups excluding tert-OH is 2. The van der Waals surface area contributed by atoms with Crippen molar-refractivity contribution in [1.29, 1.82) is 0 Å². The minimum atomic E-state index is 0.171. The minimum absolute atomic E-state index is 0.171. The van der Waals surface area contributed by atoms with E-state index in [1.54, 1.807) is 0 Å². The maximum Gasteiger partial charge on any atom is 0.174 e. The second-order valence-corrected chi connectivity index (χ2v) is 8.10. The van der Waals surface area contributed by atoms with Crippen LogP contribution in [0.15, 0.2) is 0 Å². The first-order valence-electron chi connectivity index (χ1n) is 9.86. The van der Waals surface area contributed by atoms with Crippen LogP contribution in [0.5, 0.6) is 0 Å². The quantitative estimate of drug-likeness (QED) is 0.668. The van der Waals surface area contributed by atoms with Crippen LogP contribution in [-0.2, 0) is 6.42 Å². The number of hydrogen-bond donors (Lipinski definition) is 3. The molecule has 2 aliphatic heterocycles. The molecule has 2 unspecified atom stereocenters. The summed E-state index contributed by atoms with van der Waals surface area (Å²) in [5, 5.41) is 23.7. The summed E-state index contributed by atoms with van der Waals surface area (Å²) in [7, 11) is 0. The van der Waals surface area contributed by atoms with Gasteiger partial charge in [-0.2, -0.15) is 5.10 Å². The Morgan fingerprint density at radius 2 is 1.80 bits per heavy atom. The van der Waals surface area contributed by atoms with Crippen molar-refractivity contribution < 1.29 is 14.7 Å². The maximum absolute atomic E-state index is 9.39. The average Bonchev–Trinajstić information content (AvgIpc) is 3.21. The highest BCUT2D eigenvalue weighted by Gasteiger charge is 2.38. The highest BCUT2D eigenvalue weighted by atomic mass is 16.3. The predicted molar refractivity (Wildman–Crippen MR) is 97.5 cm³/mol. The lowest BCUT2D eigenvalue weighted by atomic mass is 9.92. The second-order valence-electron chi connectivity index (χ2n) is 8.10. The van der Waals surface area contributed by atoms with E-state index in [0.29, 0.717) is 19.1 Å². The van der Waals surface area contributed by atoms with Gasteiger partial charge in [-0.25, -0.2) is 0 Å². The number of hydrogen-bond acceptors (Lipinski definition) is 5. The number of rotatable bonds is 5. The Kier molecular flexibility index (Phi) is 4.64. The summed E-state index contributed by atoms with van der Waals surface area (Å²) in [5.41, 5.74) is 8.64. The van der Waals surface area contributed by atoms with Crippen LogP contribution in [0.4, 0.5) is 11.5 Å². The van der Waals surface area contributed by atoms with Gasteiger partial charge in [0.1, 0.15) is 13.1 Å². The smallest absolute Gasteiger partial charge is 0.174 e. The van der Waals surface area contributed by atoms with Crippen molar-refractivity contribution in [3.05, 3.63) is 5.69 Å². The molecule has 1 saturated heterocycles. The van der Waals surface area contributed by atoms with Crippen LogP contribution in [0.25, 0.3) is 0 Å². The third-order valence-electron chi connectivity index (χ3n) is 6.85. The monoisotopic (exact) mass is 350 g/mol. The Morgan fingerprint density at radius 1 is 1.08 bits per heavy atom. The van der Waals surface area contributed by atoms with Crippen LogP contribution < -0.4 is 10.6 Å². The first kappa shape index (κ1) is 17.1. The Hall–Kier alpha value is -1.31. The number of anilines is 2. The fourth-order valence-electron chi connectivity index (χ4n) is 5.31. The summed E-state index contributed by atoms with van der Waals surface area (Å²) in [5.74, 6) is 1.76. The Balaban J connectivity index is 1.52. The van der Waals surface area contributed by atoms with Gasteiger partial charge in [0.25, 0.3) is 0 Å². The molecule has 0 aromatic carbocycles. The molecule has 1 aliphatic carbocycles. The van der Waals surface area contributed by atoms with Gasteiger partial charge in [0.2, 0.25) is 0 Å². The van der Waals surface area contributed by atoms with Crippen molar-refractivity contribution in [1.82, 2.24) is 9.78 Å². The Bertz CT molecular complexity index is 601. The molecule has 0 radical (unpaired) electrons. The van der Waals surface area contributed by atoms with Gasteiger partial charge >= 0.3 is 0 Å². The Morgan fingerprint density at radius 3 is 2.48 bits per heavy atom. The number of fused-ring (bicyclic) bond motifs is 3. The van der Waals surface area contributed by atoms with E-state index < -0.39 is 0 Å². The van der Waals surface area contributed by atoms with Crippen LogP contribution in [0.3, 0.4) is 0 Å². The third kappa shape index (κ3) is 2.92. The first-order valence-corrected chi connectivity index (χ1v) is 9.86. The van der Waals surface area contributed by atoms with Gasteiger partial charge in [-0.1, -0.05) is 6.42 Å². The van der Waals surface area contributed by atoms with Crippen molar-refractivity contribution in [2.24, 2.45) is 5.92 Å². The molecule has 140 valence electrons. The van der Waals surface area contributed by atoms with Gasteiger partial charge in [0, 0.05) is 0 Å². The topological polar surface area (TPSA) is 87.5 Å². The molecule has 0 bridgehead atoms. The number of aromatic nitrogens is 2. The summed E-state index contributed by atoms with van der Waals surface area (Å²) in [6, 6.07) is 0.559. The van der Waals surface area contributed by atoms with Crippen LogP contribution in [0.2, 0.25) is 0 Å². The highest BCUT2D eigenvalue weighted by molar-refractivity contribution is 5.66. The van der Waals surface area contributed by atoms with Crippen molar-refractivity contribution in [2.45, 2.75) is 38.1 Å². The van der Waals surface area contributed by atoms with E-state index in [9.17, 15) is 10.2 Å². The molecule has 0 amide bonds. The number of nitrogens with two attached hydrogens (primary N) is 1. The van der Waals surface area contributed by atoms with E-state index in [4.69, 9.17) is 10.8 Å². The normalized spacial score (nSPS) is 28.0. The summed E-state index contributed by atoms with van der Waals surface area (Å²) < 4.78 is 3.05. The third-order valence-corrected chi connectivity index (χ3v) is 6.85. The lowest BCUT2D eigenvalue weighted by Gasteiger charge is -2.44. The molecule has 7 heteroatoms. The van der Waals surface area contributed by atoms with Crippen molar-refractivity contribution in [3.8, 4) is 0 Å². The van der Waals surface area contributed by atoms with Gasteiger partial charge in [0.05, 0.1) is 56.8 Å². The molecule has 1 aromatic heterocycles. The minimum Gasteiger partial charge on any atom is -0.394 e. The van der Waals surface area contributed by atoms with Crippen molar-refractivity contribution in [3.63, 3.8) is 0 Å². The van der Waals surface area contributed by atoms with Gasteiger partial charge in [0.15, 0.2) is 5.82 Å². The fourth-order valence-corrected chi connectivity index (χ4v) is 5.31. The average molecular weight is 350 g/mol. The largest absolute Gasteiger partial charge is 0.394 e. The van der Waals surface area contributed by atoms with E-state index >= 15 is 0 Å². The Labute approximate surface area is 149 Å². The molecule has 7 nitrogen and oxygen atoms in total. The summed E-state index contributed by atoms with van der Waals surface area (Å²) >= 11 is 0. The van der Waals surface area contributed by atoms with Crippen molar-refractivity contribution in [2.75, 3.05) is 63.1 Å². The lowest BCUT2D eigenvalue weighted by molar-refractivity contribution is -0.929. The second kappa shape index (κ2) is 6.78. The first-order chi connectivity index (χ1) is 12.2. The van der Waals surface area contributed by atoms with Crippen LogP contribution in [-0.4, -0.2) is 77.0 Å². The van der Waals surface area contributed by atoms with Crippen molar-refractivity contribution >= 4 is 11.5 Å². The van der Waals surface area contributed by atoms with Crippen LogP contribution >= 0.6 is 0 Å². The van der Waals surface area contributed by atoms with E-state index in [-0.39, 0.29) is 13.2 Å². The van der Waals surface area contributed by atoms with Crippen LogP contribution in [0.1, 0.15) is 37.4 Å². The molecule has 4 rings (SSSR count). The fraction of sp³-hybridized carbons (Fsp3) is 0.833. The molecule has 2 atom stereocenters. The molecule has 2 fully saturated rings. The molecule has 1 aromatic rings. The van der Waals surface area contributed by atoms with Gasteiger partial charge in [-0.15, -0.1) is 0 Å². The molecule has 0 spiro atoms. The summed E-state index contributed by atoms with van der Waals surface area (Å²) in [6.07, 6.45) is 6.21. The molecule has 3 aliphatic rings. The van der Waals surface area contributed by atoms with E-state index in [2.05, 4.69) is 9.58 Å². The summed E-state index contributed by atoms with van der Waals surface area (Å²) in [6.45, 7) is 5.39. The standard InChI is InChI=1S/C18H32N5O2/c19-17-16-5-4-14-2-1-3-15(14)22(16)20-18(17)21-6-8-23(9-7-21,10-12-24)11-13-25/h14-15,24-25H,1-13,19H2/q+1. The number of quaternary nitrogens is 1. The number of aliphatic hydroxyl groups is 2. The number of piperazine rings is 1. The lowest BCUT2D eigenvalue weighted by Crippen LogP contribution is -2.61.